The van der Waals surface area contributed by atoms with Crippen molar-refractivity contribution in [3.8, 4) is 16.9 Å². The number of hydrogen-bond donors (Lipinski definition) is 4. The number of carbonyl (C=O) groups excluding carboxylic acids is 1. The van der Waals surface area contributed by atoms with Crippen LogP contribution in [0.4, 0.5) is 10.5 Å². The van der Waals surface area contributed by atoms with E-state index in [1.165, 1.54) is 19.2 Å². The molecule has 40 heavy (non-hydrogen) atoms. The highest BCUT2D eigenvalue weighted by Gasteiger charge is 2.27. The second kappa shape index (κ2) is 12.9. The molecule has 10 nitrogen and oxygen atoms in total. The topological polar surface area (TPSA) is 147 Å². The largest absolute Gasteiger partial charge is 0.495 e. The van der Waals surface area contributed by atoms with Gasteiger partial charge in [-0.2, -0.15) is 0 Å². The first-order valence-electron chi connectivity index (χ1n) is 12.3. The van der Waals surface area contributed by atoms with E-state index in [1.54, 1.807) is 79.0 Å². The van der Waals surface area contributed by atoms with Crippen molar-refractivity contribution in [3.05, 3.63) is 108 Å². The van der Waals surface area contributed by atoms with Gasteiger partial charge in [0.05, 0.1) is 31.8 Å². The number of methoxy groups -OCH3 is 1. The molecule has 1 atom stereocenters. The van der Waals surface area contributed by atoms with Crippen LogP contribution in [-0.2, 0) is 21.4 Å². The maximum atomic E-state index is 13.5. The Hall–Kier alpha value is -4.74. The van der Waals surface area contributed by atoms with Gasteiger partial charge < -0.3 is 20.5 Å². The van der Waals surface area contributed by atoms with E-state index < -0.39 is 34.5 Å². The first kappa shape index (κ1) is 28.3. The van der Waals surface area contributed by atoms with Crippen molar-refractivity contribution in [1.29, 1.82) is 0 Å². The Balaban J connectivity index is 1.57. The molecule has 1 heterocycles. The van der Waals surface area contributed by atoms with E-state index in [1.807, 2.05) is 6.07 Å². The minimum absolute atomic E-state index is 0.0987. The molecule has 2 amide bonds. The smallest absolute Gasteiger partial charge is 0.319 e. The third kappa shape index (κ3) is 7.43. The Morgan fingerprint density at radius 1 is 0.925 bits per heavy atom. The summed E-state index contributed by atoms with van der Waals surface area (Å²) in [5, 5.41) is 14.9. The Labute approximate surface area is 232 Å². The molecule has 0 fully saturated rings. The van der Waals surface area contributed by atoms with E-state index in [9.17, 15) is 23.1 Å². The van der Waals surface area contributed by atoms with Crippen LogP contribution in [0.15, 0.2) is 102 Å². The van der Waals surface area contributed by atoms with Crippen LogP contribution < -0.4 is 20.1 Å². The van der Waals surface area contributed by atoms with Crippen LogP contribution in [0.1, 0.15) is 23.7 Å². The number of nitrogens with one attached hydrogen (secondary N) is 3. The van der Waals surface area contributed by atoms with E-state index in [4.69, 9.17) is 4.74 Å². The van der Waals surface area contributed by atoms with Gasteiger partial charge in [0.15, 0.2) is 0 Å². The van der Waals surface area contributed by atoms with Crippen LogP contribution in [-0.4, -0.2) is 37.6 Å². The first-order chi connectivity index (χ1) is 19.2. The standard InChI is InChI=1S/C29H28N4O6S/c1-39-26-14-13-22(17-27(26)40(37,38)33-25(18-28(34)35)20-8-3-2-4-9-20)21-10-7-12-23(16-21)32-29(36)31-19-24-11-5-6-15-30-24/h2-17,25,33H,18-19H2,1H3,(H,34,35)(H2,31,32,36). The van der Waals surface area contributed by atoms with Gasteiger partial charge >= 0.3 is 12.0 Å². The van der Waals surface area contributed by atoms with Gasteiger partial charge in [0, 0.05) is 11.9 Å². The second-order valence-corrected chi connectivity index (χ2v) is 10.4. The lowest BCUT2D eigenvalue weighted by Gasteiger charge is -2.19. The van der Waals surface area contributed by atoms with E-state index in [0.29, 0.717) is 28.1 Å². The summed E-state index contributed by atoms with van der Waals surface area (Å²) < 4.78 is 34.9. The number of benzene rings is 3. The number of amides is 2. The number of pyridine rings is 1. The highest BCUT2D eigenvalue weighted by Crippen LogP contribution is 2.32. The average Bonchev–Trinajstić information content (AvgIpc) is 2.96. The van der Waals surface area contributed by atoms with Crippen molar-refractivity contribution >= 4 is 27.7 Å². The number of urea groups is 1. The number of carbonyl (C=O) groups is 2. The summed E-state index contributed by atoms with van der Waals surface area (Å²) >= 11 is 0. The number of nitrogens with zero attached hydrogens (tertiary/aromatic N) is 1. The predicted octanol–water partition coefficient (Wildman–Crippen LogP) is 4.57. The number of hydrogen-bond acceptors (Lipinski definition) is 6. The average molecular weight is 561 g/mol. The first-order valence-corrected chi connectivity index (χ1v) is 13.8. The fraction of sp³-hybridized carbons (Fsp3) is 0.138. The van der Waals surface area contributed by atoms with Crippen LogP contribution in [0.2, 0.25) is 0 Å². The van der Waals surface area contributed by atoms with Crippen LogP contribution >= 0.6 is 0 Å². The minimum Gasteiger partial charge on any atom is -0.495 e. The number of aromatic nitrogens is 1. The lowest BCUT2D eigenvalue weighted by atomic mass is 10.0. The highest BCUT2D eigenvalue weighted by atomic mass is 32.2. The van der Waals surface area contributed by atoms with Gasteiger partial charge in [-0.25, -0.2) is 17.9 Å². The van der Waals surface area contributed by atoms with Crippen LogP contribution in [0.5, 0.6) is 5.75 Å². The molecule has 1 unspecified atom stereocenters. The minimum atomic E-state index is -4.21. The molecule has 4 rings (SSSR count). The maximum absolute atomic E-state index is 13.5. The molecule has 1 aromatic heterocycles. The molecule has 4 aromatic rings. The van der Waals surface area contributed by atoms with Crippen molar-refractivity contribution in [2.75, 3.05) is 12.4 Å². The molecular formula is C29H28N4O6S. The number of ether oxygens (including phenoxy) is 1. The number of aliphatic carboxylic acids is 1. The molecule has 0 spiro atoms. The fourth-order valence-electron chi connectivity index (χ4n) is 4.03. The fourth-order valence-corrected chi connectivity index (χ4v) is 5.45. The molecule has 0 aliphatic rings. The molecule has 0 aliphatic carbocycles. The summed E-state index contributed by atoms with van der Waals surface area (Å²) in [4.78, 5) is 27.9. The molecule has 4 N–H and O–H groups in total. The molecule has 0 saturated heterocycles. The third-order valence-electron chi connectivity index (χ3n) is 5.94. The van der Waals surface area contributed by atoms with Crippen molar-refractivity contribution < 1.29 is 27.9 Å². The Morgan fingerprint density at radius 3 is 2.38 bits per heavy atom. The van der Waals surface area contributed by atoms with Crippen LogP contribution in [0.3, 0.4) is 0 Å². The summed E-state index contributed by atoms with van der Waals surface area (Å²) in [5.41, 5.74) is 2.92. The van der Waals surface area contributed by atoms with Crippen molar-refractivity contribution in [1.82, 2.24) is 15.0 Å². The third-order valence-corrected chi connectivity index (χ3v) is 7.43. The quantitative estimate of drug-likeness (QED) is 0.210. The molecule has 3 aromatic carbocycles. The summed E-state index contributed by atoms with van der Waals surface area (Å²) in [6.07, 6.45) is 1.20. The van der Waals surface area contributed by atoms with Gasteiger partial charge in [-0.05, 0) is 53.1 Å². The van der Waals surface area contributed by atoms with E-state index in [2.05, 4.69) is 20.3 Å². The molecule has 206 valence electrons. The molecule has 0 aliphatic heterocycles. The summed E-state index contributed by atoms with van der Waals surface area (Å²) in [5.74, 6) is -1.05. The van der Waals surface area contributed by atoms with Crippen molar-refractivity contribution in [2.45, 2.75) is 23.9 Å². The molecule has 11 heteroatoms. The molecular weight excluding hydrogens is 532 g/mol. The normalized spacial score (nSPS) is 11.8. The van der Waals surface area contributed by atoms with E-state index in [0.717, 1.165) is 0 Å². The number of anilines is 1. The zero-order valence-corrected chi connectivity index (χ0v) is 22.4. The number of carboxylic acid groups (broad SMARTS) is 1. The van der Waals surface area contributed by atoms with Gasteiger partial charge in [-0.3, -0.25) is 9.78 Å². The number of rotatable bonds is 11. The second-order valence-electron chi connectivity index (χ2n) is 8.76. The van der Waals surface area contributed by atoms with E-state index in [-0.39, 0.29) is 17.2 Å². The maximum Gasteiger partial charge on any atom is 0.319 e. The van der Waals surface area contributed by atoms with Gasteiger partial charge in [0.2, 0.25) is 10.0 Å². The van der Waals surface area contributed by atoms with Crippen LogP contribution in [0, 0.1) is 0 Å². The van der Waals surface area contributed by atoms with Gasteiger partial charge in [-0.1, -0.05) is 54.6 Å². The van der Waals surface area contributed by atoms with Crippen molar-refractivity contribution in [2.24, 2.45) is 0 Å². The Bertz CT molecular complexity index is 1580. The van der Waals surface area contributed by atoms with E-state index >= 15 is 0 Å². The SMILES string of the molecule is COc1ccc(-c2cccc(NC(=O)NCc3ccccn3)c2)cc1S(=O)(=O)NC(CC(=O)O)c1ccccc1. The van der Waals surface area contributed by atoms with Crippen molar-refractivity contribution in [3.63, 3.8) is 0 Å². The molecule has 0 bridgehead atoms. The molecule has 0 radical (unpaired) electrons. The lowest BCUT2D eigenvalue weighted by Crippen LogP contribution is -2.30. The zero-order chi connectivity index (χ0) is 28.5. The van der Waals surface area contributed by atoms with Gasteiger partial charge in [-0.15, -0.1) is 0 Å². The number of sulfonamides is 1. The predicted molar refractivity (Wildman–Crippen MR) is 150 cm³/mol. The summed E-state index contributed by atoms with van der Waals surface area (Å²) in [7, 11) is -2.86. The Kier molecular flexibility index (Phi) is 9.10. The monoisotopic (exact) mass is 560 g/mol. The summed E-state index contributed by atoms with van der Waals surface area (Å²) in [6.45, 7) is 0.255. The lowest BCUT2D eigenvalue weighted by molar-refractivity contribution is -0.137. The van der Waals surface area contributed by atoms with Gasteiger partial charge in [0.1, 0.15) is 10.6 Å². The summed E-state index contributed by atoms with van der Waals surface area (Å²) in [6, 6.07) is 24.1. The van der Waals surface area contributed by atoms with Crippen LogP contribution in [0.25, 0.3) is 11.1 Å². The molecule has 0 saturated carbocycles. The number of carboxylic acids is 1. The van der Waals surface area contributed by atoms with Gasteiger partial charge in [0.25, 0.3) is 0 Å². The zero-order valence-electron chi connectivity index (χ0n) is 21.6. The highest BCUT2D eigenvalue weighted by molar-refractivity contribution is 7.89. The Morgan fingerprint density at radius 2 is 1.68 bits per heavy atom.